The van der Waals surface area contributed by atoms with E-state index in [0.29, 0.717) is 51.9 Å². The van der Waals surface area contributed by atoms with Crippen molar-refractivity contribution in [2.75, 3.05) is 21.3 Å². The van der Waals surface area contributed by atoms with E-state index in [1.165, 1.54) is 0 Å². The fourth-order valence-corrected chi connectivity index (χ4v) is 7.27. The molecule has 8 N–H and O–H groups in total. The van der Waals surface area contributed by atoms with E-state index in [1.54, 1.807) is 0 Å². The fourth-order valence-electron chi connectivity index (χ4n) is 7.27. The van der Waals surface area contributed by atoms with Crippen LogP contribution in [0.25, 0.3) is 0 Å². The van der Waals surface area contributed by atoms with Crippen molar-refractivity contribution in [3.63, 3.8) is 0 Å². The van der Waals surface area contributed by atoms with Gasteiger partial charge in [0.1, 0.15) is 23.0 Å². The van der Waals surface area contributed by atoms with Crippen LogP contribution in [-0.2, 0) is 51.9 Å². The minimum atomic E-state index is 0.214. The maximum Gasteiger partial charge on any atom is 0.124 e. The predicted octanol–water partition coefficient (Wildman–Crippen LogP) is 9.95. The maximum absolute atomic E-state index is 11.3. The molecule has 6 aromatic carbocycles. The summed E-state index contributed by atoms with van der Waals surface area (Å²) in [6.07, 6.45) is 1.81. The molecule has 8 nitrogen and oxygen atoms in total. The Labute approximate surface area is 328 Å². The molecule has 0 atom stereocenters. The molecule has 0 fully saturated rings. The first-order valence-corrected chi connectivity index (χ1v) is 18.9. The van der Waals surface area contributed by atoms with Gasteiger partial charge < -0.3 is 41.7 Å². The van der Waals surface area contributed by atoms with Gasteiger partial charge in [0.15, 0.2) is 0 Å². The number of phenols is 4. The summed E-state index contributed by atoms with van der Waals surface area (Å²) in [5.74, 6) is 0.857. The summed E-state index contributed by atoms with van der Waals surface area (Å²) in [6.45, 7) is 10.2. The van der Waals surface area contributed by atoms with Gasteiger partial charge in [-0.1, -0.05) is 121 Å². The molecule has 0 aromatic heterocycles. The summed E-state index contributed by atoms with van der Waals surface area (Å²) in [7, 11) is 0. The fraction of sp³-hybridized carbons (Fsp3) is 0.167. The van der Waals surface area contributed by atoms with Gasteiger partial charge in [-0.2, -0.15) is 0 Å². The zero-order valence-corrected chi connectivity index (χ0v) is 31.4. The molecule has 0 radical (unpaired) electrons. The Bertz CT molecular complexity index is 2060. The highest BCUT2D eigenvalue weighted by atomic mass is 16.3. The lowest BCUT2D eigenvalue weighted by Gasteiger charge is -2.18. The zero-order valence-electron chi connectivity index (χ0n) is 31.4. The molecule has 0 aliphatic carbocycles. The van der Waals surface area contributed by atoms with Gasteiger partial charge in [-0.15, -0.1) is 0 Å². The average Bonchev–Trinajstić information content (AvgIpc) is 3.19. The highest BCUT2D eigenvalue weighted by molar-refractivity contribution is 5.70. The van der Waals surface area contributed by atoms with Crippen LogP contribution in [0.5, 0.6) is 23.0 Å². The smallest absolute Gasteiger partial charge is 0.124 e. The third-order valence-electron chi connectivity index (χ3n) is 10.3. The number of para-hydroxylation sites is 8. The summed E-state index contributed by atoms with van der Waals surface area (Å²) < 4.78 is 0. The molecule has 8 bridgehead atoms. The van der Waals surface area contributed by atoms with E-state index in [0.717, 1.165) is 78.4 Å². The number of aromatic hydroxyl groups is 4. The van der Waals surface area contributed by atoms with Crippen LogP contribution in [0, 0.1) is 0 Å². The Morgan fingerprint density at radius 2 is 0.518 bits per heavy atom. The molecule has 56 heavy (non-hydrogen) atoms. The first-order valence-electron chi connectivity index (χ1n) is 18.9. The molecule has 1 aliphatic heterocycles. The molecule has 7 rings (SSSR count). The molecule has 0 spiro atoms. The Balaban J connectivity index is 1.18. The number of phenolic OH excluding ortho intramolecular Hbond substituents is 4. The molecule has 0 unspecified atom stereocenters. The highest BCUT2D eigenvalue weighted by Crippen LogP contribution is 2.34. The summed E-state index contributed by atoms with van der Waals surface area (Å²) >= 11 is 0. The van der Waals surface area contributed by atoms with Crippen molar-refractivity contribution in [2.45, 2.75) is 51.9 Å². The summed E-state index contributed by atoms with van der Waals surface area (Å²) in [5, 5.41) is 59.3. The monoisotopic (exact) mass is 744 g/mol. The Kier molecular flexibility index (Phi) is 11.5. The van der Waals surface area contributed by atoms with E-state index in [2.05, 4.69) is 34.4 Å². The summed E-state index contributed by atoms with van der Waals surface area (Å²) in [6, 6.07) is 38.7. The van der Waals surface area contributed by atoms with Gasteiger partial charge in [-0.25, -0.2) is 0 Å². The Morgan fingerprint density at radius 1 is 0.304 bits per heavy atom. The molecule has 284 valence electrons. The number of anilines is 4. The normalized spacial score (nSPS) is 14.1. The highest BCUT2D eigenvalue weighted by Gasteiger charge is 2.16. The Hall–Kier alpha value is -6.80. The van der Waals surface area contributed by atoms with Gasteiger partial charge in [0, 0.05) is 48.4 Å². The zero-order chi connectivity index (χ0) is 39.0. The lowest BCUT2D eigenvalue weighted by molar-refractivity contribution is 0.460. The predicted molar refractivity (Wildman–Crippen MR) is 228 cm³/mol. The molecule has 0 saturated carbocycles. The summed E-state index contributed by atoms with van der Waals surface area (Å²) in [4.78, 5) is 0. The average molecular weight is 745 g/mol. The number of allylic oxidation sites excluding steroid dienone is 2. The first-order chi connectivity index (χ1) is 27.2. The van der Waals surface area contributed by atoms with Crippen LogP contribution in [0.2, 0.25) is 0 Å². The van der Waals surface area contributed by atoms with Gasteiger partial charge in [0.05, 0.1) is 22.7 Å². The van der Waals surface area contributed by atoms with Crippen LogP contribution in [0.4, 0.5) is 22.7 Å². The molecule has 1 heterocycles. The first kappa shape index (κ1) is 37.5. The van der Waals surface area contributed by atoms with Crippen molar-refractivity contribution in [1.82, 2.24) is 0 Å². The number of nitrogens with one attached hydrogen (secondary N) is 4. The lowest BCUT2D eigenvalue weighted by Crippen LogP contribution is -2.07. The SMILES string of the molecule is C=C1Cc2cccc(c2O)CNc2ccccc2NCc2cccc(c2O)CC(=C)Cc2cccc(c2O)CNc2ccccc2NCc2cccc(c2O)C1. The van der Waals surface area contributed by atoms with Crippen molar-refractivity contribution < 1.29 is 20.4 Å². The van der Waals surface area contributed by atoms with E-state index < -0.39 is 0 Å². The second-order valence-electron chi connectivity index (χ2n) is 14.4. The van der Waals surface area contributed by atoms with Crippen LogP contribution in [0.15, 0.2) is 146 Å². The molecule has 0 saturated heterocycles. The van der Waals surface area contributed by atoms with Crippen molar-refractivity contribution in [2.24, 2.45) is 0 Å². The van der Waals surface area contributed by atoms with E-state index in [9.17, 15) is 20.4 Å². The second kappa shape index (κ2) is 17.1. The lowest BCUT2D eigenvalue weighted by atomic mass is 9.96. The number of hydrogen-bond acceptors (Lipinski definition) is 8. The van der Waals surface area contributed by atoms with Gasteiger partial charge >= 0.3 is 0 Å². The van der Waals surface area contributed by atoms with Crippen LogP contribution < -0.4 is 21.3 Å². The maximum atomic E-state index is 11.3. The molecular weight excluding hydrogens is 697 g/mol. The standard InChI is InChI=1S/C48H48N4O4/c1-31-23-33-11-7-15-37(45(33)53)27-49-41-19-3-5-21-43(41)51-29-39-17-9-13-35(47(39)55)25-32(2)26-36-14-10-18-40(48(36)56)30-52-44-22-6-4-20-42(44)50-28-38-16-8-12-34(24-31)46(38)54/h3-22,49-56H,1-2,23-30H2. The van der Waals surface area contributed by atoms with Crippen molar-refractivity contribution in [3.8, 4) is 23.0 Å². The van der Waals surface area contributed by atoms with Crippen LogP contribution >= 0.6 is 0 Å². The largest absolute Gasteiger partial charge is 0.507 e. The topological polar surface area (TPSA) is 129 Å². The van der Waals surface area contributed by atoms with Gasteiger partial charge in [-0.3, -0.25) is 0 Å². The van der Waals surface area contributed by atoms with Gasteiger partial charge in [0.25, 0.3) is 0 Å². The van der Waals surface area contributed by atoms with E-state index in [1.807, 2.05) is 121 Å². The van der Waals surface area contributed by atoms with Crippen LogP contribution in [0.1, 0.15) is 44.5 Å². The number of hydrogen-bond donors (Lipinski definition) is 8. The molecule has 1 aliphatic rings. The Morgan fingerprint density at radius 3 is 0.750 bits per heavy atom. The molecule has 0 amide bonds. The minimum absolute atomic E-state index is 0.214. The van der Waals surface area contributed by atoms with Crippen LogP contribution in [-0.4, -0.2) is 20.4 Å². The molecule has 6 aromatic rings. The van der Waals surface area contributed by atoms with Crippen molar-refractivity contribution >= 4 is 22.7 Å². The van der Waals surface area contributed by atoms with E-state index in [4.69, 9.17) is 0 Å². The molecular formula is C48H48N4O4. The van der Waals surface area contributed by atoms with Gasteiger partial charge in [-0.05, 0) is 72.2 Å². The quantitative estimate of drug-likeness (QED) is 0.0722. The van der Waals surface area contributed by atoms with Crippen LogP contribution in [0.3, 0.4) is 0 Å². The van der Waals surface area contributed by atoms with E-state index in [-0.39, 0.29) is 23.0 Å². The number of fused-ring (bicyclic) bond motifs is 10. The summed E-state index contributed by atoms with van der Waals surface area (Å²) in [5.41, 5.74) is 11.2. The van der Waals surface area contributed by atoms with Crippen molar-refractivity contribution in [3.05, 3.63) is 190 Å². The van der Waals surface area contributed by atoms with E-state index >= 15 is 0 Å². The molecule has 8 heteroatoms. The van der Waals surface area contributed by atoms with Crippen molar-refractivity contribution in [1.29, 1.82) is 0 Å². The third-order valence-corrected chi connectivity index (χ3v) is 10.3. The minimum Gasteiger partial charge on any atom is -0.507 e. The van der Waals surface area contributed by atoms with Gasteiger partial charge in [0.2, 0.25) is 0 Å². The number of rotatable bonds is 0. The third kappa shape index (κ3) is 8.77. The number of benzene rings is 6. The second-order valence-corrected chi connectivity index (χ2v) is 14.4.